The monoisotopic (exact) mass is 373 g/mol. The van der Waals surface area contributed by atoms with E-state index in [4.69, 9.17) is 4.74 Å². The van der Waals surface area contributed by atoms with Crippen molar-refractivity contribution in [2.75, 3.05) is 39.9 Å². The molecule has 5 nitrogen and oxygen atoms in total. The minimum absolute atomic E-state index is 0.0557. The van der Waals surface area contributed by atoms with E-state index in [0.29, 0.717) is 13.1 Å². The molecule has 1 amide bonds. The molecule has 140 valence electrons. The average Bonchev–Trinajstić information content (AvgIpc) is 3.15. The van der Waals surface area contributed by atoms with E-state index in [1.54, 1.807) is 11.3 Å². The highest BCUT2D eigenvalue weighted by molar-refractivity contribution is 7.07. The lowest BCUT2D eigenvalue weighted by Gasteiger charge is -2.26. The molecule has 1 aliphatic heterocycles. The van der Waals surface area contributed by atoms with E-state index in [0.717, 1.165) is 45.0 Å². The maximum absolute atomic E-state index is 12.1. The van der Waals surface area contributed by atoms with E-state index in [9.17, 15) is 4.79 Å². The number of thiophene rings is 1. The molecule has 1 saturated heterocycles. The van der Waals surface area contributed by atoms with Gasteiger partial charge in [-0.15, -0.1) is 0 Å². The van der Waals surface area contributed by atoms with Gasteiger partial charge in [0.05, 0.1) is 19.8 Å². The van der Waals surface area contributed by atoms with Crippen molar-refractivity contribution in [2.24, 2.45) is 0 Å². The number of carbonyl (C=O) groups is 1. The van der Waals surface area contributed by atoms with Crippen LogP contribution in [0.15, 0.2) is 41.1 Å². The molecule has 6 heteroatoms. The minimum atomic E-state index is 0.0557. The SMILES string of the molecule is CN(CC(=O)NCc1ccc(CN2CCOCC2)cc1)Cc1ccsc1. The standard InChI is InChI=1S/C20H27N3O2S/c1-22(13-19-6-11-26-16-19)15-20(24)21-12-17-2-4-18(5-3-17)14-23-7-9-25-10-8-23/h2-6,11,16H,7-10,12-15H2,1H3,(H,21,24). The Bertz CT molecular complexity index is 667. The van der Waals surface area contributed by atoms with Gasteiger partial charge in [-0.1, -0.05) is 24.3 Å². The van der Waals surface area contributed by atoms with E-state index in [2.05, 4.69) is 51.3 Å². The molecule has 0 aliphatic carbocycles. The second kappa shape index (κ2) is 9.83. The Hall–Kier alpha value is -1.73. The number of amides is 1. The van der Waals surface area contributed by atoms with Crippen LogP contribution in [0, 0.1) is 0 Å². The number of carbonyl (C=O) groups excluding carboxylic acids is 1. The predicted molar refractivity (Wildman–Crippen MR) is 105 cm³/mol. The highest BCUT2D eigenvalue weighted by Crippen LogP contribution is 2.10. The van der Waals surface area contributed by atoms with Gasteiger partial charge in [0.2, 0.25) is 5.91 Å². The van der Waals surface area contributed by atoms with Crippen LogP contribution >= 0.6 is 11.3 Å². The lowest BCUT2D eigenvalue weighted by molar-refractivity contribution is -0.122. The van der Waals surface area contributed by atoms with E-state index >= 15 is 0 Å². The van der Waals surface area contributed by atoms with Gasteiger partial charge < -0.3 is 10.1 Å². The molecule has 0 unspecified atom stereocenters. The van der Waals surface area contributed by atoms with Crippen LogP contribution < -0.4 is 5.32 Å². The van der Waals surface area contributed by atoms with E-state index in [1.807, 2.05) is 11.9 Å². The molecule has 0 spiro atoms. The molecule has 0 atom stereocenters. The summed E-state index contributed by atoms with van der Waals surface area (Å²) < 4.78 is 5.38. The van der Waals surface area contributed by atoms with Crippen molar-refractivity contribution in [1.29, 1.82) is 0 Å². The zero-order valence-electron chi connectivity index (χ0n) is 15.3. The van der Waals surface area contributed by atoms with E-state index in [1.165, 1.54) is 11.1 Å². The summed E-state index contributed by atoms with van der Waals surface area (Å²) in [6, 6.07) is 10.6. The number of rotatable bonds is 8. The molecular formula is C20H27N3O2S. The second-order valence-corrected chi connectivity index (χ2v) is 7.57. The highest BCUT2D eigenvalue weighted by atomic mass is 32.1. The third-order valence-corrected chi connectivity index (χ3v) is 5.20. The van der Waals surface area contributed by atoms with Crippen molar-refractivity contribution < 1.29 is 9.53 Å². The summed E-state index contributed by atoms with van der Waals surface area (Å²) in [5, 5.41) is 7.18. The van der Waals surface area contributed by atoms with Gasteiger partial charge in [0.25, 0.3) is 0 Å². The average molecular weight is 374 g/mol. The summed E-state index contributed by atoms with van der Waals surface area (Å²) in [6.07, 6.45) is 0. The molecular weight excluding hydrogens is 346 g/mol. The fraction of sp³-hybridized carbons (Fsp3) is 0.450. The number of hydrogen-bond acceptors (Lipinski definition) is 5. The Kier molecular flexibility index (Phi) is 7.20. The number of nitrogens with zero attached hydrogens (tertiary/aromatic N) is 2. The number of nitrogens with one attached hydrogen (secondary N) is 1. The molecule has 2 heterocycles. The van der Waals surface area contributed by atoms with Gasteiger partial charge >= 0.3 is 0 Å². The third kappa shape index (κ3) is 6.21. The van der Waals surface area contributed by atoms with Gasteiger partial charge in [-0.3, -0.25) is 14.6 Å². The second-order valence-electron chi connectivity index (χ2n) is 6.79. The van der Waals surface area contributed by atoms with Crippen LogP contribution in [0.4, 0.5) is 0 Å². The third-order valence-electron chi connectivity index (χ3n) is 4.47. The number of benzene rings is 1. The molecule has 1 aromatic heterocycles. The van der Waals surface area contributed by atoms with Crippen molar-refractivity contribution in [1.82, 2.24) is 15.1 Å². The molecule has 0 bridgehead atoms. The van der Waals surface area contributed by atoms with Crippen molar-refractivity contribution in [3.63, 3.8) is 0 Å². The van der Waals surface area contributed by atoms with Crippen LogP contribution in [0.3, 0.4) is 0 Å². The lowest BCUT2D eigenvalue weighted by Crippen LogP contribution is -2.35. The summed E-state index contributed by atoms with van der Waals surface area (Å²) in [5.41, 5.74) is 3.68. The van der Waals surface area contributed by atoms with Crippen molar-refractivity contribution >= 4 is 17.2 Å². The summed E-state index contributed by atoms with van der Waals surface area (Å²) >= 11 is 1.68. The summed E-state index contributed by atoms with van der Waals surface area (Å²) in [7, 11) is 1.97. The van der Waals surface area contributed by atoms with Crippen LogP contribution in [0.5, 0.6) is 0 Å². The molecule has 1 fully saturated rings. The maximum Gasteiger partial charge on any atom is 0.234 e. The van der Waals surface area contributed by atoms with Crippen molar-refractivity contribution in [2.45, 2.75) is 19.6 Å². The number of hydrogen-bond donors (Lipinski definition) is 1. The van der Waals surface area contributed by atoms with Crippen molar-refractivity contribution in [3.8, 4) is 0 Å². The first-order chi connectivity index (χ1) is 12.7. The first-order valence-electron chi connectivity index (χ1n) is 9.03. The fourth-order valence-electron chi connectivity index (χ4n) is 3.03. The normalized spacial score (nSPS) is 15.3. The number of morpholine rings is 1. The van der Waals surface area contributed by atoms with Crippen LogP contribution in [-0.4, -0.2) is 55.6 Å². The Morgan fingerprint density at radius 3 is 2.58 bits per heavy atom. The number of ether oxygens (including phenoxy) is 1. The zero-order chi connectivity index (χ0) is 18.2. The first kappa shape index (κ1) is 19.0. The fourth-order valence-corrected chi connectivity index (χ4v) is 3.69. The van der Waals surface area contributed by atoms with Crippen LogP contribution in [0.2, 0.25) is 0 Å². The Labute approximate surface area is 159 Å². The van der Waals surface area contributed by atoms with Gasteiger partial charge in [0, 0.05) is 32.7 Å². The van der Waals surface area contributed by atoms with Crippen LogP contribution in [0.25, 0.3) is 0 Å². The Morgan fingerprint density at radius 2 is 1.88 bits per heavy atom. The van der Waals surface area contributed by atoms with Gasteiger partial charge in [-0.05, 0) is 40.6 Å². The molecule has 2 aromatic rings. The topological polar surface area (TPSA) is 44.8 Å². The van der Waals surface area contributed by atoms with E-state index in [-0.39, 0.29) is 5.91 Å². The Morgan fingerprint density at radius 1 is 1.15 bits per heavy atom. The summed E-state index contributed by atoms with van der Waals surface area (Å²) in [4.78, 5) is 16.6. The van der Waals surface area contributed by atoms with Gasteiger partial charge in [0.1, 0.15) is 0 Å². The minimum Gasteiger partial charge on any atom is -0.379 e. The largest absolute Gasteiger partial charge is 0.379 e. The molecule has 1 aliphatic rings. The number of likely N-dealkylation sites (N-methyl/N-ethyl adjacent to an activating group) is 1. The molecule has 0 radical (unpaired) electrons. The quantitative estimate of drug-likeness (QED) is 0.771. The molecule has 1 aromatic carbocycles. The van der Waals surface area contributed by atoms with E-state index < -0.39 is 0 Å². The van der Waals surface area contributed by atoms with Crippen LogP contribution in [0.1, 0.15) is 16.7 Å². The Balaban J connectivity index is 1.38. The maximum atomic E-state index is 12.1. The molecule has 26 heavy (non-hydrogen) atoms. The van der Waals surface area contributed by atoms with Gasteiger partial charge in [-0.25, -0.2) is 0 Å². The highest BCUT2D eigenvalue weighted by Gasteiger charge is 2.11. The zero-order valence-corrected chi connectivity index (χ0v) is 16.1. The predicted octanol–water partition coefficient (Wildman–Crippen LogP) is 2.33. The van der Waals surface area contributed by atoms with Gasteiger partial charge in [0.15, 0.2) is 0 Å². The molecule has 1 N–H and O–H groups in total. The van der Waals surface area contributed by atoms with Crippen LogP contribution in [-0.2, 0) is 29.2 Å². The smallest absolute Gasteiger partial charge is 0.234 e. The molecule has 0 saturated carbocycles. The van der Waals surface area contributed by atoms with Crippen molar-refractivity contribution in [3.05, 3.63) is 57.8 Å². The molecule has 3 rings (SSSR count). The summed E-state index contributed by atoms with van der Waals surface area (Å²) in [5.74, 6) is 0.0557. The lowest BCUT2D eigenvalue weighted by atomic mass is 10.1. The van der Waals surface area contributed by atoms with Gasteiger partial charge in [-0.2, -0.15) is 11.3 Å². The summed E-state index contributed by atoms with van der Waals surface area (Å²) in [6.45, 7) is 6.38. The first-order valence-corrected chi connectivity index (χ1v) is 9.97.